The van der Waals surface area contributed by atoms with Crippen LogP contribution < -0.4 is 5.56 Å². The molecule has 0 spiro atoms. The van der Waals surface area contributed by atoms with Crippen molar-refractivity contribution in [3.8, 4) is 0 Å². The van der Waals surface area contributed by atoms with Gasteiger partial charge in [-0.2, -0.15) is 13.1 Å². The summed E-state index contributed by atoms with van der Waals surface area (Å²) in [6.07, 6.45) is 0. The molecule has 3 heterocycles. The minimum Gasteiger partial charge on any atom is -0.322 e. The number of pyridine rings is 1. The van der Waals surface area contributed by atoms with E-state index in [1.165, 1.54) is 21.7 Å². The number of benzene rings is 2. The number of nitrogens with zero attached hydrogens (tertiary/aromatic N) is 3. The van der Waals surface area contributed by atoms with Crippen LogP contribution in [-0.2, 0) is 23.1 Å². The zero-order chi connectivity index (χ0) is 23.2. The summed E-state index contributed by atoms with van der Waals surface area (Å²) in [7, 11) is -3.97. The first-order chi connectivity index (χ1) is 15.8. The van der Waals surface area contributed by atoms with Crippen LogP contribution in [0.1, 0.15) is 21.6 Å². The molecule has 3 aromatic heterocycles. The van der Waals surface area contributed by atoms with Gasteiger partial charge in [-0.3, -0.25) is 4.79 Å². The number of nitrogens with one attached hydrogen (secondary N) is 1. The number of aromatic amines is 1. The fourth-order valence-corrected chi connectivity index (χ4v) is 6.71. The van der Waals surface area contributed by atoms with Crippen LogP contribution in [0.4, 0.5) is 0 Å². The van der Waals surface area contributed by atoms with E-state index in [0.717, 1.165) is 38.6 Å². The highest BCUT2D eigenvalue weighted by Gasteiger charge is 2.29. The number of rotatable bonds is 6. The molecule has 0 aliphatic heterocycles. The lowest BCUT2D eigenvalue weighted by Crippen LogP contribution is -2.32. The zero-order valence-corrected chi connectivity index (χ0v) is 20.4. The van der Waals surface area contributed by atoms with Crippen LogP contribution in [0.3, 0.4) is 0 Å². The molecule has 168 valence electrons. The van der Waals surface area contributed by atoms with Crippen molar-refractivity contribution in [2.45, 2.75) is 31.8 Å². The van der Waals surface area contributed by atoms with Crippen molar-refractivity contribution in [2.24, 2.45) is 0 Å². The summed E-state index contributed by atoms with van der Waals surface area (Å²) in [4.78, 5) is 16.8. The van der Waals surface area contributed by atoms with Crippen LogP contribution in [-0.4, -0.2) is 26.5 Å². The van der Waals surface area contributed by atoms with Crippen molar-refractivity contribution >= 4 is 55.0 Å². The molecule has 0 saturated carbocycles. The Morgan fingerprint density at radius 2 is 1.82 bits per heavy atom. The lowest BCUT2D eigenvalue weighted by molar-refractivity contribution is 0.403. The second-order valence-corrected chi connectivity index (χ2v) is 11.4. The number of aromatic nitrogens is 3. The fourth-order valence-electron chi connectivity index (χ4n) is 3.76. The SMILES string of the molecule is Cc1cc2cc(CN(Cc3cccs3)S(=O)(=O)c3cccc4nsnc34)c(=O)[nH]c2cc1C. The van der Waals surface area contributed by atoms with Gasteiger partial charge in [0.15, 0.2) is 0 Å². The first-order valence-corrected chi connectivity index (χ1v) is 13.2. The number of hydrogen-bond acceptors (Lipinski definition) is 7. The maximum absolute atomic E-state index is 13.8. The highest BCUT2D eigenvalue weighted by molar-refractivity contribution is 7.89. The predicted molar refractivity (Wildman–Crippen MR) is 132 cm³/mol. The Morgan fingerprint density at radius 1 is 1.00 bits per heavy atom. The number of sulfonamides is 1. The molecule has 7 nitrogen and oxygen atoms in total. The third-order valence-corrected chi connectivity index (χ3v) is 8.89. The van der Waals surface area contributed by atoms with Gasteiger partial charge >= 0.3 is 0 Å². The third kappa shape index (κ3) is 4.10. The van der Waals surface area contributed by atoms with Gasteiger partial charge in [-0.05, 0) is 72.1 Å². The molecule has 0 bridgehead atoms. The van der Waals surface area contributed by atoms with E-state index in [0.29, 0.717) is 16.6 Å². The lowest BCUT2D eigenvalue weighted by Gasteiger charge is -2.22. The number of thiophene rings is 1. The van der Waals surface area contributed by atoms with E-state index in [1.807, 2.05) is 43.5 Å². The van der Waals surface area contributed by atoms with E-state index < -0.39 is 10.0 Å². The third-order valence-electron chi connectivity index (χ3n) is 5.66. The minimum atomic E-state index is -3.97. The highest BCUT2D eigenvalue weighted by atomic mass is 32.2. The van der Waals surface area contributed by atoms with Gasteiger partial charge in [-0.15, -0.1) is 11.3 Å². The predicted octanol–water partition coefficient (Wildman–Crippen LogP) is 4.60. The van der Waals surface area contributed by atoms with Gasteiger partial charge in [-0.25, -0.2) is 8.42 Å². The molecule has 33 heavy (non-hydrogen) atoms. The van der Waals surface area contributed by atoms with E-state index in [1.54, 1.807) is 18.2 Å². The van der Waals surface area contributed by atoms with Gasteiger partial charge in [0.1, 0.15) is 15.9 Å². The van der Waals surface area contributed by atoms with Crippen LogP contribution in [0, 0.1) is 13.8 Å². The summed E-state index contributed by atoms with van der Waals surface area (Å²) in [5.74, 6) is 0. The largest absolute Gasteiger partial charge is 0.322 e. The van der Waals surface area contributed by atoms with Crippen molar-refractivity contribution < 1.29 is 8.42 Å². The van der Waals surface area contributed by atoms with Gasteiger partial charge in [0.25, 0.3) is 5.56 Å². The fraction of sp³-hybridized carbons (Fsp3) is 0.174. The Kier molecular flexibility index (Phi) is 5.61. The molecule has 5 aromatic rings. The van der Waals surface area contributed by atoms with Crippen molar-refractivity contribution in [1.82, 2.24) is 18.0 Å². The molecule has 5 rings (SSSR count). The molecule has 0 atom stereocenters. The van der Waals surface area contributed by atoms with Crippen LogP contribution in [0.2, 0.25) is 0 Å². The second-order valence-electron chi connectivity index (χ2n) is 7.89. The van der Waals surface area contributed by atoms with Gasteiger partial charge in [-0.1, -0.05) is 12.1 Å². The van der Waals surface area contributed by atoms with Gasteiger partial charge in [0.05, 0.1) is 11.7 Å². The Balaban J connectivity index is 1.62. The lowest BCUT2D eigenvalue weighted by atomic mass is 10.1. The zero-order valence-electron chi connectivity index (χ0n) is 17.9. The maximum Gasteiger partial charge on any atom is 0.252 e. The van der Waals surface area contributed by atoms with Crippen LogP contribution >= 0.6 is 23.1 Å². The van der Waals surface area contributed by atoms with E-state index in [-0.39, 0.29) is 23.5 Å². The van der Waals surface area contributed by atoms with Crippen LogP contribution in [0.15, 0.2) is 63.6 Å². The van der Waals surface area contributed by atoms with E-state index >= 15 is 0 Å². The highest BCUT2D eigenvalue weighted by Crippen LogP contribution is 2.28. The van der Waals surface area contributed by atoms with Crippen molar-refractivity contribution in [1.29, 1.82) is 0 Å². The summed E-state index contributed by atoms with van der Waals surface area (Å²) >= 11 is 2.45. The molecular weight excluding hydrogens is 476 g/mol. The topological polar surface area (TPSA) is 96.0 Å². The number of H-pyrrole nitrogens is 1. The molecule has 0 radical (unpaired) electrons. The molecule has 0 aliphatic rings. The van der Waals surface area contributed by atoms with Crippen molar-refractivity contribution in [3.63, 3.8) is 0 Å². The summed E-state index contributed by atoms with van der Waals surface area (Å²) in [6, 6.07) is 14.4. The Labute approximate surface area is 198 Å². The average Bonchev–Trinajstić information content (AvgIpc) is 3.46. The van der Waals surface area contributed by atoms with Gasteiger partial charge in [0.2, 0.25) is 10.0 Å². The Bertz CT molecular complexity index is 1640. The quantitative estimate of drug-likeness (QED) is 0.371. The van der Waals surface area contributed by atoms with E-state index in [2.05, 4.69) is 13.7 Å². The first kappa shape index (κ1) is 21.9. The number of hydrogen-bond donors (Lipinski definition) is 1. The maximum atomic E-state index is 13.8. The van der Waals surface area contributed by atoms with Crippen molar-refractivity contribution in [3.05, 3.63) is 85.8 Å². The molecule has 2 aromatic carbocycles. The summed E-state index contributed by atoms with van der Waals surface area (Å²) in [5, 5.41) is 2.77. The van der Waals surface area contributed by atoms with E-state index in [4.69, 9.17) is 0 Å². The summed E-state index contributed by atoms with van der Waals surface area (Å²) in [6.45, 7) is 4.09. The molecule has 0 saturated heterocycles. The molecule has 0 amide bonds. The normalized spacial score (nSPS) is 12.2. The monoisotopic (exact) mass is 496 g/mol. The first-order valence-electron chi connectivity index (χ1n) is 10.2. The standard InChI is InChI=1S/C23H20N4O3S3/c1-14-9-16-11-17(23(28)24-20(16)10-15(14)2)12-27(13-18-5-4-8-31-18)33(29,30)21-7-3-6-19-22(21)26-32-25-19/h3-11H,12-13H2,1-2H3,(H,24,28). The number of aryl methyl sites for hydroxylation is 2. The summed E-state index contributed by atoms with van der Waals surface area (Å²) < 4.78 is 37.3. The number of fused-ring (bicyclic) bond motifs is 2. The molecule has 0 unspecified atom stereocenters. The van der Waals surface area contributed by atoms with Gasteiger partial charge in [0, 0.05) is 29.0 Å². The molecular formula is C23H20N4O3S3. The minimum absolute atomic E-state index is 0.0631. The molecule has 1 N–H and O–H groups in total. The molecule has 10 heteroatoms. The smallest absolute Gasteiger partial charge is 0.252 e. The molecule has 0 aliphatic carbocycles. The van der Waals surface area contributed by atoms with Crippen LogP contribution in [0.25, 0.3) is 21.9 Å². The van der Waals surface area contributed by atoms with Crippen molar-refractivity contribution in [2.75, 3.05) is 0 Å². The van der Waals surface area contributed by atoms with E-state index in [9.17, 15) is 13.2 Å². The van der Waals surface area contributed by atoms with Gasteiger partial charge < -0.3 is 4.98 Å². The second kappa shape index (κ2) is 8.45. The molecule has 0 fully saturated rings. The Morgan fingerprint density at radius 3 is 2.61 bits per heavy atom. The van der Waals surface area contributed by atoms with Crippen LogP contribution in [0.5, 0.6) is 0 Å². The average molecular weight is 497 g/mol. The Hall–Kier alpha value is -2.92. The summed E-state index contributed by atoms with van der Waals surface area (Å²) in [5.41, 5.74) is 3.88.